The van der Waals surface area contributed by atoms with Gasteiger partial charge in [0.15, 0.2) is 12.7 Å². The molecule has 2 aromatic carbocycles. The molecule has 0 aliphatic heterocycles. The number of rotatable bonds is 18. The maximum Gasteiger partial charge on any atom is 0.255 e. The van der Waals surface area contributed by atoms with Crippen molar-refractivity contribution in [3.05, 3.63) is 75.7 Å². The number of benzene rings is 2. The van der Waals surface area contributed by atoms with Crippen LogP contribution in [0.25, 0.3) is 0 Å². The third-order valence-corrected chi connectivity index (χ3v) is 8.56. The van der Waals surface area contributed by atoms with Crippen molar-refractivity contribution in [1.29, 1.82) is 0 Å². The molecule has 0 aliphatic rings. The van der Waals surface area contributed by atoms with Gasteiger partial charge in [0, 0.05) is 23.7 Å². The number of unbranched alkanes of at least 4 members (excludes halogenated alkanes) is 11. The first-order valence-electron chi connectivity index (χ1n) is 15.9. The lowest BCUT2D eigenvalue weighted by molar-refractivity contribution is -0.689. The van der Waals surface area contributed by atoms with Crippen molar-refractivity contribution >= 4 is 22.9 Å². The molecule has 3 aromatic rings. The van der Waals surface area contributed by atoms with Crippen molar-refractivity contribution < 1.29 is 14.1 Å². The Balaban J connectivity index is 1.48. The largest absolute Gasteiger partial charge is 0.493 e. The number of ether oxygens (including phenoxy) is 1. The second-order valence-corrected chi connectivity index (χ2v) is 13.5. The molecule has 0 saturated carbocycles. The van der Waals surface area contributed by atoms with E-state index < -0.39 is 0 Å². The summed E-state index contributed by atoms with van der Waals surface area (Å²) in [5, 5.41) is 6.45. The summed E-state index contributed by atoms with van der Waals surface area (Å²) in [4.78, 5) is 13.2. The quantitative estimate of drug-likeness (QED) is 0.121. The summed E-state index contributed by atoms with van der Waals surface area (Å²) < 4.78 is 8.52. The monoisotopic (exact) mass is 577 g/mol. The summed E-state index contributed by atoms with van der Waals surface area (Å²) in [5.74, 6) is 0.712. The second-order valence-electron chi connectivity index (χ2n) is 12.4. The zero-order valence-electron chi connectivity index (χ0n) is 26.3. The number of aromatic nitrogens is 1. The van der Waals surface area contributed by atoms with Gasteiger partial charge in [-0.3, -0.25) is 4.79 Å². The minimum Gasteiger partial charge on any atom is -0.493 e. The van der Waals surface area contributed by atoms with Crippen LogP contribution in [0.5, 0.6) is 5.75 Å². The van der Waals surface area contributed by atoms with E-state index in [1.54, 1.807) is 11.3 Å². The molecule has 0 atom stereocenters. The number of nitrogens with one attached hydrogen (secondary N) is 1. The van der Waals surface area contributed by atoms with Gasteiger partial charge in [0.25, 0.3) is 5.91 Å². The van der Waals surface area contributed by atoms with E-state index in [1.165, 1.54) is 75.6 Å². The van der Waals surface area contributed by atoms with E-state index >= 15 is 0 Å². The van der Waals surface area contributed by atoms with Crippen LogP contribution >= 0.6 is 11.3 Å². The molecule has 5 heteroatoms. The van der Waals surface area contributed by atoms with Gasteiger partial charge in [-0.15, -0.1) is 0 Å². The van der Waals surface area contributed by atoms with Crippen molar-refractivity contribution in [2.75, 3.05) is 11.9 Å². The zero-order valence-corrected chi connectivity index (χ0v) is 27.1. The first-order valence-corrected chi connectivity index (χ1v) is 16.8. The maximum atomic E-state index is 13.2. The minimum absolute atomic E-state index is 0.0628. The van der Waals surface area contributed by atoms with E-state index in [0.29, 0.717) is 12.2 Å². The Morgan fingerprint density at radius 1 is 0.878 bits per heavy atom. The van der Waals surface area contributed by atoms with Gasteiger partial charge in [0.05, 0.1) is 12.0 Å². The Bertz CT molecular complexity index is 1190. The number of aryl methyl sites for hydroxylation is 1. The van der Waals surface area contributed by atoms with Crippen LogP contribution in [-0.4, -0.2) is 12.5 Å². The lowest BCUT2D eigenvalue weighted by Gasteiger charge is -2.23. The fourth-order valence-corrected chi connectivity index (χ4v) is 5.88. The SMILES string of the molecule is CCCCCCCCCCCCCCOc1cc(C(=O)Nc2cccc(C[n+]3ccsc3C)c2)ccc1C(C)(C)C. The third-order valence-electron chi connectivity index (χ3n) is 7.73. The summed E-state index contributed by atoms with van der Waals surface area (Å²) >= 11 is 1.74. The number of anilines is 1. The van der Waals surface area contributed by atoms with Crippen LogP contribution in [0.15, 0.2) is 54.0 Å². The molecule has 1 heterocycles. The van der Waals surface area contributed by atoms with Crippen LogP contribution in [0.4, 0.5) is 5.69 Å². The van der Waals surface area contributed by atoms with Crippen LogP contribution in [0, 0.1) is 6.92 Å². The fourth-order valence-electron chi connectivity index (χ4n) is 5.21. The molecular formula is C36H53N2O2S+. The molecule has 1 aromatic heterocycles. The summed E-state index contributed by atoms with van der Waals surface area (Å²) in [6, 6.07) is 14.0. The zero-order chi connectivity index (χ0) is 29.5. The standard InChI is InChI=1S/C36H52N2O2S/c1-6-7-8-9-10-11-12-13-14-15-16-17-24-40-34-27-31(21-22-33(34)36(3,4)5)35(39)37-32-20-18-19-30(26-32)28-38-23-25-41-29(38)2/h18-23,25-27H,6-17,24,28H2,1-5H3/p+1. The number of thiazole rings is 1. The predicted octanol–water partition coefficient (Wildman–Crippen LogP) is 10.0. The molecular weight excluding hydrogens is 524 g/mol. The molecule has 0 radical (unpaired) electrons. The van der Waals surface area contributed by atoms with Gasteiger partial charge in [-0.25, -0.2) is 0 Å². The third kappa shape index (κ3) is 11.6. The van der Waals surface area contributed by atoms with Gasteiger partial charge in [-0.05, 0) is 41.7 Å². The molecule has 3 rings (SSSR count). The number of amides is 1. The number of carbonyl (C=O) groups excluding carboxylic acids is 1. The summed E-state index contributed by atoms with van der Waals surface area (Å²) in [7, 11) is 0. The lowest BCUT2D eigenvalue weighted by atomic mass is 9.85. The number of hydrogen-bond donors (Lipinski definition) is 1. The first kappa shape index (κ1) is 32.8. The number of hydrogen-bond acceptors (Lipinski definition) is 3. The molecule has 0 bridgehead atoms. The maximum absolute atomic E-state index is 13.2. The molecule has 0 fully saturated rings. The molecule has 0 spiro atoms. The Labute approximate surface area is 253 Å². The smallest absolute Gasteiger partial charge is 0.255 e. The van der Waals surface area contributed by atoms with Gasteiger partial charge in [0.2, 0.25) is 5.01 Å². The van der Waals surface area contributed by atoms with E-state index in [4.69, 9.17) is 4.74 Å². The predicted molar refractivity (Wildman–Crippen MR) is 174 cm³/mol. The molecule has 1 amide bonds. The molecule has 0 unspecified atom stereocenters. The van der Waals surface area contributed by atoms with Crippen molar-refractivity contribution in [2.45, 2.75) is 124 Å². The van der Waals surface area contributed by atoms with E-state index in [0.717, 1.165) is 35.5 Å². The average molecular weight is 578 g/mol. The van der Waals surface area contributed by atoms with Crippen LogP contribution in [0.3, 0.4) is 0 Å². The van der Waals surface area contributed by atoms with Gasteiger partial charge in [0.1, 0.15) is 5.75 Å². The van der Waals surface area contributed by atoms with Crippen LogP contribution in [0.1, 0.15) is 131 Å². The van der Waals surface area contributed by atoms with Gasteiger partial charge in [-0.1, -0.05) is 128 Å². The Morgan fingerprint density at radius 3 is 2.15 bits per heavy atom. The topological polar surface area (TPSA) is 42.2 Å². The second kappa shape index (κ2) is 17.3. The molecule has 4 nitrogen and oxygen atoms in total. The normalized spacial score (nSPS) is 11.5. The van der Waals surface area contributed by atoms with Crippen LogP contribution in [0.2, 0.25) is 0 Å². The Morgan fingerprint density at radius 2 is 1.54 bits per heavy atom. The molecule has 1 N–H and O–H groups in total. The van der Waals surface area contributed by atoms with E-state index in [2.05, 4.69) is 74.3 Å². The minimum atomic E-state index is -0.114. The van der Waals surface area contributed by atoms with Crippen molar-refractivity contribution in [1.82, 2.24) is 0 Å². The molecule has 41 heavy (non-hydrogen) atoms. The van der Waals surface area contributed by atoms with Crippen molar-refractivity contribution in [2.24, 2.45) is 0 Å². The van der Waals surface area contributed by atoms with E-state index in [-0.39, 0.29) is 11.3 Å². The van der Waals surface area contributed by atoms with Crippen molar-refractivity contribution in [3.8, 4) is 5.75 Å². The summed E-state index contributed by atoms with van der Waals surface area (Å²) in [5.41, 5.74) is 3.66. The highest BCUT2D eigenvalue weighted by molar-refractivity contribution is 7.09. The first-order chi connectivity index (χ1) is 19.8. The van der Waals surface area contributed by atoms with E-state index in [1.807, 2.05) is 24.3 Å². The Kier molecular flexibility index (Phi) is 13.9. The van der Waals surface area contributed by atoms with E-state index in [9.17, 15) is 4.79 Å². The van der Waals surface area contributed by atoms with Gasteiger partial charge >= 0.3 is 0 Å². The molecule has 0 aliphatic carbocycles. The lowest BCUT2D eigenvalue weighted by Crippen LogP contribution is -2.34. The highest BCUT2D eigenvalue weighted by atomic mass is 32.1. The molecule has 224 valence electrons. The molecule has 0 saturated heterocycles. The summed E-state index contributed by atoms with van der Waals surface area (Å²) in [6.45, 7) is 12.4. The fraction of sp³-hybridized carbons (Fsp3) is 0.556. The number of nitrogens with zero attached hydrogens (tertiary/aromatic N) is 1. The summed E-state index contributed by atoms with van der Waals surface area (Å²) in [6.07, 6.45) is 18.0. The van der Waals surface area contributed by atoms with Crippen LogP contribution in [-0.2, 0) is 12.0 Å². The van der Waals surface area contributed by atoms with Crippen LogP contribution < -0.4 is 14.6 Å². The highest BCUT2D eigenvalue weighted by Gasteiger charge is 2.21. The van der Waals surface area contributed by atoms with Crippen molar-refractivity contribution in [3.63, 3.8) is 0 Å². The Hall–Kier alpha value is -2.66. The highest BCUT2D eigenvalue weighted by Crippen LogP contribution is 2.32. The average Bonchev–Trinajstić information content (AvgIpc) is 3.34. The number of carbonyl (C=O) groups is 1. The van der Waals surface area contributed by atoms with Gasteiger partial charge < -0.3 is 10.1 Å². The van der Waals surface area contributed by atoms with Gasteiger partial charge in [-0.2, -0.15) is 4.57 Å².